The van der Waals surface area contributed by atoms with E-state index >= 15 is 0 Å². The van der Waals surface area contributed by atoms with Crippen LogP contribution in [0.25, 0.3) is 0 Å². The minimum atomic E-state index is -0.618. The van der Waals surface area contributed by atoms with Crippen LogP contribution < -0.4 is 14.8 Å². The van der Waals surface area contributed by atoms with Crippen LogP contribution >= 0.6 is 0 Å². The van der Waals surface area contributed by atoms with E-state index in [0.717, 1.165) is 31.7 Å². The molecule has 1 amide bonds. The number of rotatable bonds is 10. The Hall–Kier alpha value is -2.65. The minimum Gasteiger partial charge on any atom is -0.493 e. The molecule has 8 heteroatoms. The molecule has 1 saturated heterocycles. The molecule has 0 saturated carbocycles. The SMILES string of the molecule is COc1ccccc1OCC(O)CN1CCN(CC(=O)Nc2c(C)cccc2CO)CC1. The number of anilines is 1. The third kappa shape index (κ3) is 6.67. The first-order valence-corrected chi connectivity index (χ1v) is 10.9. The van der Waals surface area contributed by atoms with Gasteiger partial charge in [-0.2, -0.15) is 0 Å². The zero-order chi connectivity index (χ0) is 22.9. The second kappa shape index (κ2) is 11.8. The summed E-state index contributed by atoms with van der Waals surface area (Å²) in [5.74, 6) is 1.17. The van der Waals surface area contributed by atoms with E-state index in [4.69, 9.17) is 9.47 Å². The molecule has 3 rings (SSSR count). The lowest BCUT2D eigenvalue weighted by molar-refractivity contribution is -0.117. The van der Waals surface area contributed by atoms with Gasteiger partial charge in [0.15, 0.2) is 11.5 Å². The van der Waals surface area contributed by atoms with E-state index in [-0.39, 0.29) is 19.1 Å². The van der Waals surface area contributed by atoms with Crippen molar-refractivity contribution in [2.75, 3.05) is 58.3 Å². The molecule has 3 N–H and O–H groups in total. The zero-order valence-corrected chi connectivity index (χ0v) is 18.8. The van der Waals surface area contributed by atoms with Gasteiger partial charge in [0.05, 0.1) is 20.3 Å². The largest absolute Gasteiger partial charge is 0.493 e. The summed E-state index contributed by atoms with van der Waals surface area (Å²) < 4.78 is 11.0. The molecule has 1 unspecified atom stereocenters. The average Bonchev–Trinajstić information content (AvgIpc) is 2.80. The number of para-hydroxylation sites is 3. The standard InChI is InChI=1S/C24H33N3O5/c1-18-6-5-7-19(16-28)24(18)25-23(30)15-27-12-10-26(11-13-27)14-20(29)17-32-22-9-4-3-8-21(22)31-2/h3-9,20,28-29H,10-17H2,1-2H3,(H,25,30). The Kier molecular flexibility index (Phi) is 8.87. The first kappa shape index (κ1) is 24.0. The smallest absolute Gasteiger partial charge is 0.238 e. The number of hydrogen-bond donors (Lipinski definition) is 3. The number of amides is 1. The lowest BCUT2D eigenvalue weighted by atomic mass is 10.1. The molecule has 8 nitrogen and oxygen atoms in total. The molecular formula is C24H33N3O5. The van der Waals surface area contributed by atoms with Crippen LogP contribution in [-0.4, -0.2) is 85.0 Å². The van der Waals surface area contributed by atoms with Gasteiger partial charge in [-0.3, -0.25) is 14.6 Å². The van der Waals surface area contributed by atoms with Crippen LogP contribution in [0.5, 0.6) is 11.5 Å². The van der Waals surface area contributed by atoms with Crippen LogP contribution in [0, 0.1) is 6.92 Å². The zero-order valence-electron chi connectivity index (χ0n) is 18.8. The number of carbonyl (C=O) groups excluding carboxylic acids is 1. The second-order valence-corrected chi connectivity index (χ2v) is 8.01. The molecule has 1 heterocycles. The number of aryl methyl sites for hydroxylation is 1. The first-order chi connectivity index (χ1) is 15.5. The Morgan fingerprint density at radius 3 is 2.44 bits per heavy atom. The van der Waals surface area contributed by atoms with E-state index < -0.39 is 6.10 Å². The van der Waals surface area contributed by atoms with Gasteiger partial charge in [0.1, 0.15) is 12.7 Å². The van der Waals surface area contributed by atoms with Gasteiger partial charge < -0.3 is 25.0 Å². The summed E-state index contributed by atoms with van der Waals surface area (Å²) in [5.41, 5.74) is 2.34. The molecule has 0 aromatic heterocycles. The van der Waals surface area contributed by atoms with Gasteiger partial charge in [0, 0.05) is 44.0 Å². The number of hydrogen-bond acceptors (Lipinski definition) is 7. The van der Waals surface area contributed by atoms with Gasteiger partial charge in [-0.1, -0.05) is 30.3 Å². The van der Waals surface area contributed by atoms with Crippen LogP contribution in [0.15, 0.2) is 42.5 Å². The average molecular weight is 444 g/mol. The number of nitrogens with zero attached hydrogens (tertiary/aromatic N) is 2. The molecule has 1 aliphatic heterocycles. The molecule has 174 valence electrons. The van der Waals surface area contributed by atoms with Crippen molar-refractivity contribution in [3.63, 3.8) is 0 Å². The van der Waals surface area contributed by atoms with E-state index in [1.807, 2.05) is 49.4 Å². The van der Waals surface area contributed by atoms with E-state index in [0.29, 0.717) is 35.8 Å². The molecule has 1 atom stereocenters. The summed E-state index contributed by atoms with van der Waals surface area (Å²) >= 11 is 0. The predicted octanol–water partition coefficient (Wildman–Crippen LogP) is 1.49. The molecule has 0 radical (unpaired) electrons. The fraction of sp³-hybridized carbons (Fsp3) is 0.458. The topological polar surface area (TPSA) is 94.5 Å². The number of carbonyl (C=O) groups is 1. The van der Waals surface area contributed by atoms with Gasteiger partial charge in [-0.15, -0.1) is 0 Å². The molecule has 0 aliphatic carbocycles. The van der Waals surface area contributed by atoms with Gasteiger partial charge in [0.25, 0.3) is 0 Å². The molecule has 0 bridgehead atoms. The van der Waals surface area contributed by atoms with Crippen molar-refractivity contribution in [1.29, 1.82) is 0 Å². The molecular weight excluding hydrogens is 410 g/mol. The lowest BCUT2D eigenvalue weighted by Gasteiger charge is -2.35. The first-order valence-electron chi connectivity index (χ1n) is 10.9. The predicted molar refractivity (Wildman–Crippen MR) is 123 cm³/mol. The second-order valence-electron chi connectivity index (χ2n) is 8.01. The Bertz CT molecular complexity index is 884. The molecule has 1 aliphatic rings. The highest BCUT2D eigenvalue weighted by atomic mass is 16.5. The van der Waals surface area contributed by atoms with E-state index in [1.54, 1.807) is 7.11 Å². The number of ether oxygens (including phenoxy) is 2. The molecule has 32 heavy (non-hydrogen) atoms. The van der Waals surface area contributed by atoms with Gasteiger partial charge in [-0.05, 0) is 24.6 Å². The highest BCUT2D eigenvalue weighted by molar-refractivity contribution is 5.93. The lowest BCUT2D eigenvalue weighted by Crippen LogP contribution is -2.50. The molecule has 0 spiro atoms. The van der Waals surface area contributed by atoms with Crippen molar-refractivity contribution in [3.8, 4) is 11.5 Å². The summed E-state index contributed by atoms with van der Waals surface area (Å²) in [5, 5.41) is 22.8. The Balaban J connectivity index is 1.40. The number of piperazine rings is 1. The van der Waals surface area contributed by atoms with Gasteiger partial charge >= 0.3 is 0 Å². The van der Waals surface area contributed by atoms with E-state index in [9.17, 15) is 15.0 Å². The Morgan fingerprint density at radius 1 is 1.06 bits per heavy atom. The van der Waals surface area contributed by atoms with Crippen LogP contribution in [-0.2, 0) is 11.4 Å². The van der Waals surface area contributed by atoms with Crippen molar-refractivity contribution in [2.24, 2.45) is 0 Å². The number of methoxy groups -OCH3 is 1. The van der Waals surface area contributed by atoms with Crippen LogP contribution in [0.1, 0.15) is 11.1 Å². The fourth-order valence-corrected chi connectivity index (χ4v) is 3.83. The summed E-state index contributed by atoms with van der Waals surface area (Å²) in [6.45, 7) is 5.83. The molecule has 2 aromatic rings. The van der Waals surface area contributed by atoms with E-state index in [1.165, 1.54) is 0 Å². The van der Waals surface area contributed by atoms with Crippen LogP contribution in [0.3, 0.4) is 0 Å². The third-order valence-corrected chi connectivity index (χ3v) is 5.60. The Labute approximate surface area is 189 Å². The summed E-state index contributed by atoms with van der Waals surface area (Å²) in [7, 11) is 1.59. The quantitative estimate of drug-likeness (QED) is 0.512. The van der Waals surface area contributed by atoms with Crippen molar-refractivity contribution in [1.82, 2.24) is 9.80 Å². The highest BCUT2D eigenvalue weighted by Crippen LogP contribution is 2.26. The number of β-amino-alcohol motifs (C(OH)–C–C–N with tert-alkyl or cyclic N) is 1. The summed E-state index contributed by atoms with van der Waals surface area (Å²) in [6.07, 6.45) is -0.618. The van der Waals surface area contributed by atoms with Gasteiger partial charge in [0.2, 0.25) is 5.91 Å². The monoisotopic (exact) mass is 443 g/mol. The number of aliphatic hydroxyl groups excluding tert-OH is 2. The normalized spacial score (nSPS) is 15.9. The fourth-order valence-electron chi connectivity index (χ4n) is 3.83. The maximum Gasteiger partial charge on any atom is 0.238 e. The number of benzene rings is 2. The van der Waals surface area contributed by atoms with Gasteiger partial charge in [-0.25, -0.2) is 0 Å². The summed E-state index contributed by atoms with van der Waals surface area (Å²) in [4.78, 5) is 16.8. The molecule has 1 fully saturated rings. The molecule has 2 aromatic carbocycles. The maximum absolute atomic E-state index is 12.5. The van der Waals surface area contributed by atoms with E-state index in [2.05, 4.69) is 15.1 Å². The number of nitrogens with one attached hydrogen (secondary N) is 1. The van der Waals surface area contributed by atoms with Crippen molar-refractivity contribution in [2.45, 2.75) is 19.6 Å². The van der Waals surface area contributed by atoms with Crippen LogP contribution in [0.4, 0.5) is 5.69 Å². The minimum absolute atomic E-state index is 0.0901. The maximum atomic E-state index is 12.5. The number of aliphatic hydroxyl groups is 2. The van der Waals surface area contributed by atoms with Crippen molar-refractivity contribution < 1.29 is 24.5 Å². The van der Waals surface area contributed by atoms with Crippen molar-refractivity contribution in [3.05, 3.63) is 53.6 Å². The third-order valence-electron chi connectivity index (χ3n) is 5.60. The Morgan fingerprint density at radius 2 is 1.75 bits per heavy atom. The van der Waals surface area contributed by atoms with Crippen molar-refractivity contribution >= 4 is 11.6 Å². The highest BCUT2D eigenvalue weighted by Gasteiger charge is 2.22. The van der Waals surface area contributed by atoms with Crippen LogP contribution in [0.2, 0.25) is 0 Å². The summed E-state index contributed by atoms with van der Waals surface area (Å²) in [6, 6.07) is 13.0.